The summed E-state index contributed by atoms with van der Waals surface area (Å²) in [7, 11) is 1.93. The smallest absolute Gasteiger partial charge is 0.233 e. The quantitative estimate of drug-likeness (QED) is 0.586. The molecule has 1 aliphatic rings. The Balaban J connectivity index is 1.27. The van der Waals surface area contributed by atoms with Gasteiger partial charge in [0.05, 0.1) is 5.75 Å². The van der Waals surface area contributed by atoms with Crippen LogP contribution in [0.5, 0.6) is 0 Å². The van der Waals surface area contributed by atoms with Crippen molar-refractivity contribution >= 4 is 17.7 Å². The first-order valence-corrected chi connectivity index (χ1v) is 10.9. The van der Waals surface area contributed by atoms with E-state index in [-0.39, 0.29) is 5.91 Å². The Bertz CT molecular complexity index is 936. The molecule has 3 heterocycles. The first-order valence-electron chi connectivity index (χ1n) is 9.95. The van der Waals surface area contributed by atoms with Gasteiger partial charge in [0.1, 0.15) is 0 Å². The number of thioether (sulfide) groups is 1. The zero-order valence-electron chi connectivity index (χ0n) is 16.6. The van der Waals surface area contributed by atoms with Crippen LogP contribution >= 0.6 is 11.8 Å². The average Bonchev–Trinajstić information content (AvgIpc) is 3.14. The van der Waals surface area contributed by atoms with Gasteiger partial charge in [0.15, 0.2) is 11.0 Å². The highest BCUT2D eigenvalue weighted by Gasteiger charge is 2.23. The second-order valence-corrected chi connectivity index (χ2v) is 8.35. The molecule has 0 atom stereocenters. The van der Waals surface area contributed by atoms with E-state index < -0.39 is 0 Å². The van der Waals surface area contributed by atoms with Crippen LogP contribution in [0, 0.1) is 5.92 Å². The van der Waals surface area contributed by atoms with Crippen molar-refractivity contribution in [1.82, 2.24) is 24.6 Å². The average molecular weight is 408 g/mol. The molecule has 1 aromatic carbocycles. The zero-order chi connectivity index (χ0) is 20.1. The fourth-order valence-electron chi connectivity index (χ4n) is 3.74. The number of hydrogen-bond acceptors (Lipinski definition) is 5. The van der Waals surface area contributed by atoms with Crippen molar-refractivity contribution in [3.63, 3.8) is 0 Å². The lowest BCUT2D eigenvalue weighted by Crippen LogP contribution is -2.39. The van der Waals surface area contributed by atoms with E-state index in [2.05, 4.69) is 45.5 Å². The first kappa shape index (κ1) is 19.6. The molecular weight excluding hydrogens is 382 g/mol. The Kier molecular flexibility index (Phi) is 6.24. The SMILES string of the molecule is Cn1c(SCC(=O)N2CCC(Cc3ccccc3)CC2)nnc1-c1ccncc1. The van der Waals surface area contributed by atoms with Crippen LogP contribution in [-0.2, 0) is 18.3 Å². The maximum absolute atomic E-state index is 12.7. The molecular formula is C22H25N5OS. The van der Waals surface area contributed by atoms with Crippen LogP contribution < -0.4 is 0 Å². The van der Waals surface area contributed by atoms with Crippen LogP contribution in [0.25, 0.3) is 11.4 Å². The minimum absolute atomic E-state index is 0.182. The molecule has 29 heavy (non-hydrogen) atoms. The third kappa shape index (κ3) is 4.85. The minimum Gasteiger partial charge on any atom is -0.342 e. The summed E-state index contributed by atoms with van der Waals surface area (Å²) in [5.41, 5.74) is 2.36. The number of amides is 1. The number of aromatic nitrogens is 4. The van der Waals surface area contributed by atoms with Crippen molar-refractivity contribution in [1.29, 1.82) is 0 Å². The summed E-state index contributed by atoms with van der Waals surface area (Å²) in [4.78, 5) is 18.7. The van der Waals surface area contributed by atoms with E-state index in [0.29, 0.717) is 11.7 Å². The fourth-order valence-corrected chi connectivity index (χ4v) is 4.56. The number of pyridine rings is 1. The number of piperidine rings is 1. The van der Waals surface area contributed by atoms with Gasteiger partial charge in [-0.25, -0.2) is 0 Å². The number of carbonyl (C=O) groups is 1. The van der Waals surface area contributed by atoms with Crippen molar-refractivity contribution in [2.24, 2.45) is 13.0 Å². The minimum atomic E-state index is 0.182. The van der Waals surface area contributed by atoms with Crippen LogP contribution in [0.3, 0.4) is 0 Å². The molecule has 1 saturated heterocycles. The van der Waals surface area contributed by atoms with E-state index in [0.717, 1.165) is 48.9 Å². The molecule has 7 heteroatoms. The van der Waals surface area contributed by atoms with Gasteiger partial charge in [-0.1, -0.05) is 42.1 Å². The van der Waals surface area contributed by atoms with Crippen LogP contribution in [-0.4, -0.2) is 49.4 Å². The van der Waals surface area contributed by atoms with Crippen LogP contribution in [0.15, 0.2) is 60.0 Å². The molecule has 4 rings (SSSR count). The molecule has 150 valence electrons. The predicted octanol–water partition coefficient (Wildman–Crippen LogP) is 3.45. The Labute approximate surface area is 175 Å². The molecule has 1 aliphatic heterocycles. The maximum atomic E-state index is 12.7. The van der Waals surface area contributed by atoms with Crippen molar-refractivity contribution in [2.45, 2.75) is 24.4 Å². The summed E-state index contributed by atoms with van der Waals surface area (Å²) in [6.07, 6.45) is 6.72. The molecule has 3 aromatic rings. The summed E-state index contributed by atoms with van der Waals surface area (Å²) in [5, 5.41) is 9.27. The van der Waals surface area contributed by atoms with Gasteiger partial charge in [0.25, 0.3) is 0 Å². The highest BCUT2D eigenvalue weighted by Crippen LogP contribution is 2.25. The monoisotopic (exact) mass is 407 g/mol. The predicted molar refractivity (Wildman–Crippen MR) is 114 cm³/mol. The summed E-state index contributed by atoms with van der Waals surface area (Å²) in [6, 6.07) is 14.4. The van der Waals surface area contributed by atoms with E-state index >= 15 is 0 Å². The summed E-state index contributed by atoms with van der Waals surface area (Å²) < 4.78 is 1.93. The summed E-state index contributed by atoms with van der Waals surface area (Å²) >= 11 is 1.45. The Hall–Kier alpha value is -2.67. The van der Waals surface area contributed by atoms with E-state index in [1.165, 1.54) is 17.3 Å². The van der Waals surface area contributed by atoms with Gasteiger partial charge < -0.3 is 9.47 Å². The number of rotatable bonds is 6. The number of hydrogen-bond donors (Lipinski definition) is 0. The molecule has 0 N–H and O–H groups in total. The van der Waals surface area contributed by atoms with Crippen LogP contribution in [0.4, 0.5) is 0 Å². The van der Waals surface area contributed by atoms with E-state index in [1.807, 2.05) is 28.6 Å². The molecule has 0 bridgehead atoms. The highest BCUT2D eigenvalue weighted by atomic mass is 32.2. The topological polar surface area (TPSA) is 63.9 Å². The molecule has 0 unspecified atom stereocenters. The van der Waals surface area contributed by atoms with E-state index in [4.69, 9.17) is 0 Å². The molecule has 6 nitrogen and oxygen atoms in total. The van der Waals surface area contributed by atoms with Gasteiger partial charge in [0, 0.05) is 38.1 Å². The zero-order valence-corrected chi connectivity index (χ0v) is 17.4. The van der Waals surface area contributed by atoms with Crippen molar-refractivity contribution in [3.05, 3.63) is 60.4 Å². The standard InChI is InChI=1S/C22H25N5OS/c1-26-21(19-7-11-23-12-8-19)24-25-22(26)29-16-20(28)27-13-9-18(10-14-27)15-17-5-3-2-4-6-17/h2-8,11-12,18H,9-10,13-16H2,1H3. The normalized spacial score (nSPS) is 14.9. The largest absolute Gasteiger partial charge is 0.342 e. The molecule has 2 aromatic heterocycles. The van der Waals surface area contributed by atoms with Crippen molar-refractivity contribution in [3.8, 4) is 11.4 Å². The molecule has 1 fully saturated rings. The number of nitrogens with zero attached hydrogens (tertiary/aromatic N) is 5. The van der Waals surface area contributed by atoms with Crippen LogP contribution in [0.2, 0.25) is 0 Å². The Morgan fingerprint density at radius 3 is 2.52 bits per heavy atom. The van der Waals surface area contributed by atoms with Crippen LogP contribution in [0.1, 0.15) is 18.4 Å². The molecule has 0 radical (unpaired) electrons. The fraction of sp³-hybridized carbons (Fsp3) is 0.364. The molecule has 0 saturated carbocycles. The third-order valence-electron chi connectivity index (χ3n) is 5.43. The second kappa shape index (κ2) is 9.22. The van der Waals surface area contributed by atoms with Crippen molar-refractivity contribution < 1.29 is 4.79 Å². The van der Waals surface area contributed by atoms with E-state index in [9.17, 15) is 4.79 Å². The lowest BCUT2D eigenvalue weighted by Gasteiger charge is -2.32. The number of benzene rings is 1. The summed E-state index contributed by atoms with van der Waals surface area (Å²) in [6.45, 7) is 1.69. The Morgan fingerprint density at radius 1 is 1.07 bits per heavy atom. The second-order valence-electron chi connectivity index (χ2n) is 7.40. The molecule has 0 spiro atoms. The number of carbonyl (C=O) groups excluding carboxylic acids is 1. The van der Waals surface area contributed by atoms with Gasteiger partial charge in [-0.3, -0.25) is 9.78 Å². The van der Waals surface area contributed by atoms with Gasteiger partial charge in [-0.2, -0.15) is 0 Å². The van der Waals surface area contributed by atoms with Crippen molar-refractivity contribution in [2.75, 3.05) is 18.8 Å². The third-order valence-corrected chi connectivity index (χ3v) is 6.44. The molecule has 0 aliphatic carbocycles. The highest BCUT2D eigenvalue weighted by molar-refractivity contribution is 7.99. The van der Waals surface area contributed by atoms with Gasteiger partial charge in [-0.15, -0.1) is 10.2 Å². The Morgan fingerprint density at radius 2 is 1.79 bits per heavy atom. The summed E-state index contributed by atoms with van der Waals surface area (Å²) in [5.74, 6) is 2.02. The maximum Gasteiger partial charge on any atom is 0.233 e. The first-order chi connectivity index (χ1) is 14.2. The van der Waals surface area contributed by atoms with E-state index in [1.54, 1.807) is 12.4 Å². The van der Waals surface area contributed by atoms with Gasteiger partial charge >= 0.3 is 0 Å². The lowest BCUT2D eigenvalue weighted by molar-refractivity contribution is -0.129. The number of likely N-dealkylation sites (tertiary alicyclic amines) is 1. The lowest BCUT2D eigenvalue weighted by atomic mass is 9.90. The van der Waals surface area contributed by atoms with Gasteiger partial charge in [-0.05, 0) is 42.9 Å². The van der Waals surface area contributed by atoms with Gasteiger partial charge in [0.2, 0.25) is 5.91 Å². The molecule has 1 amide bonds.